The quantitative estimate of drug-likeness (QED) is 0.398. The number of aliphatic hydroxyl groups is 1. The predicted molar refractivity (Wildman–Crippen MR) is 118 cm³/mol. The summed E-state index contributed by atoms with van der Waals surface area (Å²) in [5.41, 5.74) is 0.909. The van der Waals surface area contributed by atoms with Gasteiger partial charge in [0.05, 0.1) is 27.4 Å². The van der Waals surface area contributed by atoms with Crippen molar-refractivity contribution in [1.82, 2.24) is 4.98 Å². The lowest BCUT2D eigenvalue weighted by molar-refractivity contribution is -0.117. The minimum absolute atomic E-state index is 0.166. The zero-order chi connectivity index (χ0) is 23.4. The molecule has 33 heavy (non-hydrogen) atoms. The number of benzene rings is 2. The van der Waals surface area contributed by atoms with E-state index in [-0.39, 0.29) is 16.3 Å². The van der Waals surface area contributed by atoms with E-state index in [0.717, 1.165) is 11.3 Å². The van der Waals surface area contributed by atoms with Gasteiger partial charge >= 0.3 is 0 Å². The highest BCUT2D eigenvalue weighted by molar-refractivity contribution is 7.22. The average Bonchev–Trinajstić information content (AvgIpc) is 3.41. The molecule has 0 bridgehead atoms. The van der Waals surface area contributed by atoms with Crippen LogP contribution >= 0.6 is 11.3 Å². The topological polar surface area (TPSA) is 83.6 Å². The van der Waals surface area contributed by atoms with E-state index in [1.165, 1.54) is 53.4 Å². The van der Waals surface area contributed by atoms with Crippen molar-refractivity contribution in [3.63, 3.8) is 0 Å². The van der Waals surface area contributed by atoms with Crippen LogP contribution in [0.15, 0.2) is 64.3 Å². The van der Waals surface area contributed by atoms with Gasteiger partial charge in [-0.1, -0.05) is 23.5 Å². The van der Waals surface area contributed by atoms with E-state index in [1.54, 1.807) is 13.8 Å². The molecule has 4 aromatic rings. The van der Waals surface area contributed by atoms with Crippen LogP contribution in [-0.4, -0.2) is 21.8 Å². The monoisotopic (exact) mass is 466 g/mol. The Balaban J connectivity index is 1.69. The largest absolute Gasteiger partial charge is 0.503 e. The first-order valence-electron chi connectivity index (χ1n) is 9.94. The summed E-state index contributed by atoms with van der Waals surface area (Å²) >= 11 is 1.05. The van der Waals surface area contributed by atoms with Crippen molar-refractivity contribution in [3.05, 3.63) is 94.1 Å². The highest BCUT2D eigenvalue weighted by Crippen LogP contribution is 2.44. The second kappa shape index (κ2) is 7.63. The molecule has 1 aliphatic rings. The number of amides is 1. The summed E-state index contributed by atoms with van der Waals surface area (Å²) in [7, 11) is 0. The molecule has 0 saturated heterocycles. The molecule has 3 heterocycles. The number of fused-ring (bicyclic) bond motifs is 1. The number of furan rings is 1. The van der Waals surface area contributed by atoms with Gasteiger partial charge in [0.25, 0.3) is 5.91 Å². The second-order valence-corrected chi connectivity index (χ2v) is 8.67. The van der Waals surface area contributed by atoms with E-state index in [0.29, 0.717) is 27.3 Å². The Labute approximate surface area is 190 Å². The Kier molecular flexibility index (Phi) is 4.86. The van der Waals surface area contributed by atoms with Crippen molar-refractivity contribution >= 4 is 38.4 Å². The molecule has 0 saturated carbocycles. The van der Waals surface area contributed by atoms with E-state index >= 15 is 0 Å². The lowest BCUT2D eigenvalue weighted by atomic mass is 9.93. The molecule has 0 aliphatic carbocycles. The van der Waals surface area contributed by atoms with Crippen LogP contribution in [0.25, 0.3) is 10.2 Å². The lowest BCUT2D eigenvalue weighted by Gasteiger charge is -2.24. The molecule has 6 nitrogen and oxygen atoms in total. The van der Waals surface area contributed by atoms with Gasteiger partial charge in [-0.2, -0.15) is 0 Å². The molecule has 0 spiro atoms. The molecule has 166 valence electrons. The third-order valence-electron chi connectivity index (χ3n) is 5.47. The molecular weight excluding hydrogens is 450 g/mol. The molecule has 1 amide bonds. The van der Waals surface area contributed by atoms with Gasteiger partial charge < -0.3 is 9.52 Å². The Morgan fingerprint density at radius 2 is 1.79 bits per heavy atom. The minimum Gasteiger partial charge on any atom is -0.503 e. The number of aliphatic hydroxyl groups excluding tert-OH is 1. The zero-order valence-electron chi connectivity index (χ0n) is 17.4. The maximum Gasteiger partial charge on any atom is 0.296 e. The molecule has 1 N–H and O–H groups in total. The van der Waals surface area contributed by atoms with Crippen LogP contribution in [0.5, 0.6) is 0 Å². The SMILES string of the molecule is Cc1cc(C(=O)C2=C(O)C(=O)N(c3nc4ccc(F)cc4s3)C2c2ccc(F)cc2)c(C)o1. The van der Waals surface area contributed by atoms with E-state index in [2.05, 4.69) is 4.98 Å². The summed E-state index contributed by atoms with van der Waals surface area (Å²) in [5, 5.41) is 11.0. The third-order valence-corrected chi connectivity index (χ3v) is 6.49. The number of nitrogens with zero attached hydrogens (tertiary/aromatic N) is 2. The van der Waals surface area contributed by atoms with Crippen LogP contribution in [0.2, 0.25) is 0 Å². The Bertz CT molecular complexity index is 1470. The van der Waals surface area contributed by atoms with Gasteiger partial charge in [-0.15, -0.1) is 0 Å². The number of halogens is 2. The first-order valence-corrected chi connectivity index (χ1v) is 10.8. The van der Waals surface area contributed by atoms with Gasteiger partial charge in [0.1, 0.15) is 23.2 Å². The summed E-state index contributed by atoms with van der Waals surface area (Å²) in [6.45, 7) is 3.29. The number of thiazole rings is 1. The van der Waals surface area contributed by atoms with Gasteiger partial charge in [0.15, 0.2) is 16.7 Å². The summed E-state index contributed by atoms with van der Waals surface area (Å²) in [6, 6.07) is 9.78. The van der Waals surface area contributed by atoms with Crippen LogP contribution in [-0.2, 0) is 4.79 Å². The van der Waals surface area contributed by atoms with Crippen LogP contribution < -0.4 is 4.90 Å². The Hall–Kier alpha value is -3.85. The first-order chi connectivity index (χ1) is 15.7. The second-order valence-electron chi connectivity index (χ2n) is 7.66. The number of carbonyl (C=O) groups excluding carboxylic acids is 2. The molecule has 1 unspecified atom stereocenters. The van der Waals surface area contributed by atoms with Gasteiger partial charge in [0, 0.05) is 0 Å². The van der Waals surface area contributed by atoms with E-state index < -0.39 is 35.1 Å². The Morgan fingerprint density at radius 1 is 1.09 bits per heavy atom. The number of anilines is 1. The minimum atomic E-state index is -1.06. The van der Waals surface area contributed by atoms with Crippen LogP contribution in [0.1, 0.15) is 33.5 Å². The van der Waals surface area contributed by atoms with Crippen molar-refractivity contribution in [2.75, 3.05) is 4.90 Å². The van der Waals surface area contributed by atoms with Crippen molar-refractivity contribution in [2.24, 2.45) is 0 Å². The summed E-state index contributed by atoms with van der Waals surface area (Å²) in [6.07, 6.45) is 0. The van der Waals surface area contributed by atoms with E-state index in [9.17, 15) is 23.5 Å². The van der Waals surface area contributed by atoms with Gasteiger partial charge in [0.2, 0.25) is 0 Å². The molecule has 2 aromatic heterocycles. The van der Waals surface area contributed by atoms with Crippen molar-refractivity contribution in [1.29, 1.82) is 0 Å². The first kappa shape index (κ1) is 21.0. The number of aryl methyl sites for hydroxylation is 2. The molecule has 1 aliphatic heterocycles. The highest BCUT2D eigenvalue weighted by atomic mass is 32.1. The molecule has 0 fully saturated rings. The standard InChI is InChI=1S/C24H16F2N2O4S/c1-11-9-16(12(2)32-11)21(29)19-20(13-3-5-14(25)6-4-13)28(23(31)22(19)30)24-27-17-8-7-15(26)10-18(17)33-24/h3-10,20,30H,1-2H3. The number of carbonyl (C=O) groups is 2. The third kappa shape index (κ3) is 3.41. The van der Waals surface area contributed by atoms with Gasteiger partial charge in [-0.3, -0.25) is 14.5 Å². The Morgan fingerprint density at radius 3 is 2.45 bits per heavy atom. The number of rotatable bonds is 4. The predicted octanol–water partition coefficient (Wildman–Crippen LogP) is 5.57. The molecule has 2 aromatic carbocycles. The fraction of sp³-hybridized carbons (Fsp3) is 0.125. The molecular formula is C24H16F2N2O4S. The maximum atomic E-state index is 13.7. The molecule has 5 rings (SSSR count). The summed E-state index contributed by atoms with van der Waals surface area (Å²) in [4.78, 5) is 32.3. The van der Waals surface area contributed by atoms with Crippen LogP contribution in [0, 0.1) is 25.5 Å². The number of aromatic nitrogens is 1. The van der Waals surface area contributed by atoms with Crippen LogP contribution in [0.4, 0.5) is 13.9 Å². The maximum absolute atomic E-state index is 13.7. The smallest absolute Gasteiger partial charge is 0.296 e. The van der Waals surface area contributed by atoms with Crippen molar-refractivity contribution < 1.29 is 27.9 Å². The van der Waals surface area contributed by atoms with E-state index in [1.807, 2.05) is 0 Å². The summed E-state index contributed by atoms with van der Waals surface area (Å²) < 4.78 is 33.3. The lowest BCUT2D eigenvalue weighted by Crippen LogP contribution is -2.31. The summed E-state index contributed by atoms with van der Waals surface area (Å²) in [5.74, 6) is -2.24. The van der Waals surface area contributed by atoms with Crippen molar-refractivity contribution in [3.8, 4) is 0 Å². The number of Topliss-reactive ketones (excluding diaryl/α,β-unsaturated/α-hetero) is 1. The fourth-order valence-corrected chi connectivity index (χ4v) is 5.00. The van der Waals surface area contributed by atoms with Gasteiger partial charge in [-0.05, 0) is 55.8 Å². The molecule has 1 atom stereocenters. The van der Waals surface area contributed by atoms with Gasteiger partial charge in [-0.25, -0.2) is 13.8 Å². The number of ketones is 1. The van der Waals surface area contributed by atoms with E-state index in [4.69, 9.17) is 4.42 Å². The fourth-order valence-electron chi connectivity index (χ4n) is 3.99. The number of hydrogen-bond acceptors (Lipinski definition) is 6. The normalized spacial score (nSPS) is 16.3. The average molecular weight is 466 g/mol. The highest BCUT2D eigenvalue weighted by Gasteiger charge is 2.46. The number of hydrogen-bond donors (Lipinski definition) is 1. The van der Waals surface area contributed by atoms with Crippen LogP contribution in [0.3, 0.4) is 0 Å². The molecule has 0 radical (unpaired) electrons. The molecule has 9 heteroatoms. The zero-order valence-corrected chi connectivity index (χ0v) is 18.2. The van der Waals surface area contributed by atoms with Crippen molar-refractivity contribution in [2.45, 2.75) is 19.9 Å².